The van der Waals surface area contributed by atoms with Crippen molar-refractivity contribution in [3.05, 3.63) is 36.0 Å². The molecule has 3 nitrogen and oxygen atoms in total. The van der Waals surface area contributed by atoms with E-state index in [0.717, 1.165) is 18.9 Å². The molecule has 2 N–H and O–H groups in total. The highest BCUT2D eigenvalue weighted by Crippen LogP contribution is 2.10. The molecule has 1 aliphatic carbocycles. The Balaban J connectivity index is 2.62. The average Bonchev–Trinajstić information content (AvgIpc) is 2.15. The third-order valence-corrected chi connectivity index (χ3v) is 1.68. The van der Waals surface area contributed by atoms with E-state index in [-0.39, 0.29) is 5.78 Å². The van der Waals surface area contributed by atoms with E-state index >= 15 is 0 Å². The summed E-state index contributed by atoms with van der Waals surface area (Å²) in [7, 11) is 0. The quantitative estimate of drug-likeness (QED) is 0.650. The topological polar surface area (TPSA) is 60.2 Å². The van der Waals surface area contributed by atoms with Gasteiger partial charge in [-0.3, -0.25) is 9.59 Å². The molecule has 0 saturated heterocycles. The molecule has 1 rings (SSSR count). The lowest BCUT2D eigenvalue weighted by Crippen LogP contribution is -2.07. The van der Waals surface area contributed by atoms with E-state index in [9.17, 15) is 9.59 Å². The number of nitrogens with two attached hydrogens (primary N) is 1. The summed E-state index contributed by atoms with van der Waals surface area (Å²) >= 11 is 0. The number of carbonyl (C=O) groups is 2. The maximum atomic E-state index is 11.3. The fraction of sp³-hybridized carbons (Fsp3) is 0.200. The molecule has 0 radical (unpaired) electrons. The van der Waals surface area contributed by atoms with Crippen molar-refractivity contribution in [3.8, 4) is 0 Å². The van der Waals surface area contributed by atoms with Gasteiger partial charge in [-0.15, -0.1) is 0 Å². The Morgan fingerprint density at radius 1 is 1.31 bits per heavy atom. The summed E-state index contributed by atoms with van der Waals surface area (Å²) in [5.41, 5.74) is 5.48. The molecular formula is C10H11NO2. The van der Waals surface area contributed by atoms with Crippen LogP contribution in [0, 0.1) is 0 Å². The molecule has 1 amide bonds. The van der Waals surface area contributed by atoms with Gasteiger partial charge >= 0.3 is 0 Å². The summed E-state index contributed by atoms with van der Waals surface area (Å²) in [6.07, 6.45) is 9.67. The van der Waals surface area contributed by atoms with E-state index in [1.165, 1.54) is 6.08 Å². The fourth-order valence-corrected chi connectivity index (χ4v) is 1.05. The number of amides is 1. The Kier molecular flexibility index (Phi) is 3.20. The Hall–Kier alpha value is -1.64. The van der Waals surface area contributed by atoms with Gasteiger partial charge in [0.15, 0.2) is 5.78 Å². The van der Waals surface area contributed by atoms with Crippen molar-refractivity contribution < 1.29 is 9.59 Å². The SMILES string of the molecule is NC(=O)/C=C/C(=O)C1=CCCC=C1. The first kappa shape index (κ1) is 9.45. The normalized spacial score (nSPS) is 15.8. The van der Waals surface area contributed by atoms with Crippen LogP contribution in [0.25, 0.3) is 0 Å². The Labute approximate surface area is 76.6 Å². The average molecular weight is 177 g/mol. The molecule has 0 aromatic heterocycles. The lowest BCUT2D eigenvalue weighted by Gasteiger charge is -2.01. The lowest BCUT2D eigenvalue weighted by atomic mass is 10.0. The number of carbonyl (C=O) groups excluding carboxylic acids is 2. The van der Waals surface area contributed by atoms with Crippen LogP contribution < -0.4 is 5.73 Å². The van der Waals surface area contributed by atoms with Gasteiger partial charge in [0.25, 0.3) is 0 Å². The third-order valence-electron chi connectivity index (χ3n) is 1.68. The van der Waals surface area contributed by atoms with Crippen LogP contribution in [0.3, 0.4) is 0 Å². The summed E-state index contributed by atoms with van der Waals surface area (Å²) < 4.78 is 0. The predicted octanol–water partition coefficient (Wildman–Crippen LogP) is 0.873. The molecule has 0 heterocycles. The van der Waals surface area contributed by atoms with Crippen LogP contribution in [0.4, 0.5) is 0 Å². The fourth-order valence-electron chi connectivity index (χ4n) is 1.05. The molecule has 68 valence electrons. The van der Waals surface area contributed by atoms with Crippen molar-refractivity contribution in [1.82, 2.24) is 0 Å². The third kappa shape index (κ3) is 3.07. The van der Waals surface area contributed by atoms with Crippen LogP contribution in [0.2, 0.25) is 0 Å². The van der Waals surface area contributed by atoms with E-state index < -0.39 is 5.91 Å². The van der Waals surface area contributed by atoms with Crippen LogP contribution in [0.5, 0.6) is 0 Å². The summed E-state index contributed by atoms with van der Waals surface area (Å²) in [5, 5.41) is 0. The lowest BCUT2D eigenvalue weighted by molar-refractivity contribution is -0.114. The van der Waals surface area contributed by atoms with E-state index in [0.29, 0.717) is 5.57 Å². The first-order valence-corrected chi connectivity index (χ1v) is 4.08. The van der Waals surface area contributed by atoms with Crippen molar-refractivity contribution in [1.29, 1.82) is 0 Å². The number of hydrogen-bond donors (Lipinski definition) is 1. The number of ketones is 1. The van der Waals surface area contributed by atoms with E-state index in [1.54, 1.807) is 6.08 Å². The molecular weight excluding hydrogens is 166 g/mol. The van der Waals surface area contributed by atoms with Gasteiger partial charge in [0, 0.05) is 11.6 Å². The molecule has 0 aromatic rings. The van der Waals surface area contributed by atoms with Gasteiger partial charge in [-0.2, -0.15) is 0 Å². The first-order valence-electron chi connectivity index (χ1n) is 4.08. The van der Waals surface area contributed by atoms with Crippen LogP contribution in [0.1, 0.15) is 12.8 Å². The molecule has 0 unspecified atom stereocenters. The number of primary amides is 1. The molecule has 0 fully saturated rings. The molecule has 1 aliphatic rings. The van der Waals surface area contributed by atoms with Crippen molar-refractivity contribution in [3.63, 3.8) is 0 Å². The van der Waals surface area contributed by atoms with Crippen molar-refractivity contribution in [2.24, 2.45) is 5.73 Å². The first-order chi connectivity index (χ1) is 6.20. The van der Waals surface area contributed by atoms with Gasteiger partial charge < -0.3 is 5.73 Å². The van der Waals surface area contributed by atoms with E-state index in [2.05, 4.69) is 0 Å². The van der Waals surface area contributed by atoms with Crippen molar-refractivity contribution in [2.75, 3.05) is 0 Å². The maximum absolute atomic E-state index is 11.3. The zero-order valence-corrected chi connectivity index (χ0v) is 7.19. The molecule has 13 heavy (non-hydrogen) atoms. The summed E-state index contributed by atoms with van der Waals surface area (Å²) in [6, 6.07) is 0. The van der Waals surface area contributed by atoms with Gasteiger partial charge in [0.2, 0.25) is 5.91 Å². The highest BCUT2D eigenvalue weighted by molar-refractivity contribution is 6.08. The second-order valence-electron chi connectivity index (χ2n) is 2.74. The van der Waals surface area contributed by atoms with Crippen molar-refractivity contribution >= 4 is 11.7 Å². The number of hydrogen-bond acceptors (Lipinski definition) is 2. The second-order valence-corrected chi connectivity index (χ2v) is 2.74. The van der Waals surface area contributed by atoms with Gasteiger partial charge in [-0.1, -0.05) is 18.2 Å². The summed E-state index contributed by atoms with van der Waals surface area (Å²) in [6.45, 7) is 0. The highest BCUT2D eigenvalue weighted by atomic mass is 16.1. The molecule has 0 aliphatic heterocycles. The van der Waals surface area contributed by atoms with Crippen molar-refractivity contribution in [2.45, 2.75) is 12.8 Å². The van der Waals surface area contributed by atoms with Crippen LogP contribution >= 0.6 is 0 Å². The molecule has 0 spiro atoms. The summed E-state index contributed by atoms with van der Waals surface area (Å²) in [4.78, 5) is 21.6. The second kappa shape index (κ2) is 4.40. The van der Waals surface area contributed by atoms with Crippen LogP contribution in [-0.2, 0) is 9.59 Å². The summed E-state index contributed by atoms with van der Waals surface area (Å²) in [5.74, 6) is -0.775. The monoisotopic (exact) mass is 177 g/mol. The zero-order valence-electron chi connectivity index (χ0n) is 7.19. The van der Waals surface area contributed by atoms with Crippen LogP contribution in [-0.4, -0.2) is 11.7 Å². The standard InChI is InChI=1S/C10H11NO2/c11-10(13)7-6-9(12)8-4-2-1-3-5-8/h2,4-7H,1,3H2,(H2,11,13)/b7-6+. The maximum Gasteiger partial charge on any atom is 0.241 e. The Morgan fingerprint density at radius 3 is 2.62 bits per heavy atom. The zero-order chi connectivity index (χ0) is 9.68. The largest absolute Gasteiger partial charge is 0.366 e. The highest BCUT2D eigenvalue weighted by Gasteiger charge is 2.04. The number of allylic oxidation sites excluding steroid dienone is 5. The van der Waals surface area contributed by atoms with Gasteiger partial charge in [-0.25, -0.2) is 0 Å². The molecule has 0 atom stereocenters. The van der Waals surface area contributed by atoms with E-state index in [1.807, 2.05) is 12.2 Å². The minimum Gasteiger partial charge on any atom is -0.366 e. The van der Waals surface area contributed by atoms with Crippen LogP contribution in [0.15, 0.2) is 36.0 Å². The molecule has 0 aromatic carbocycles. The minimum atomic E-state index is -0.603. The Bertz CT molecular complexity index is 311. The molecule has 0 bridgehead atoms. The predicted molar refractivity (Wildman–Crippen MR) is 49.8 cm³/mol. The minimum absolute atomic E-state index is 0.172. The van der Waals surface area contributed by atoms with Gasteiger partial charge in [0.05, 0.1) is 0 Å². The Morgan fingerprint density at radius 2 is 2.08 bits per heavy atom. The smallest absolute Gasteiger partial charge is 0.241 e. The van der Waals surface area contributed by atoms with Gasteiger partial charge in [0.1, 0.15) is 0 Å². The molecule has 3 heteroatoms. The van der Waals surface area contributed by atoms with Gasteiger partial charge in [-0.05, 0) is 18.9 Å². The number of rotatable bonds is 3. The molecule has 0 saturated carbocycles. The van der Waals surface area contributed by atoms with E-state index in [4.69, 9.17) is 5.73 Å².